The Morgan fingerprint density at radius 3 is 2.52 bits per heavy atom. The monoisotopic (exact) mass is 417 g/mol. The Hall–Kier alpha value is -3.20. The van der Waals surface area contributed by atoms with Gasteiger partial charge in [-0.05, 0) is 56.3 Å². The zero-order valence-electron chi connectivity index (χ0n) is 15.8. The zero-order chi connectivity index (χ0) is 21.2. The van der Waals surface area contributed by atoms with Crippen molar-refractivity contribution in [2.75, 3.05) is 5.32 Å². The van der Waals surface area contributed by atoms with Gasteiger partial charge < -0.3 is 10.3 Å². The molecule has 0 aliphatic rings. The van der Waals surface area contributed by atoms with Crippen molar-refractivity contribution in [3.05, 3.63) is 76.7 Å². The highest BCUT2D eigenvalue weighted by Crippen LogP contribution is 2.20. The minimum Gasteiger partial charge on any atom is -0.326 e. The number of nitrogens with zero attached hydrogens (tertiary/aromatic N) is 1. The van der Waals surface area contributed by atoms with Gasteiger partial charge in [-0.3, -0.25) is 9.36 Å². The second-order valence-corrected chi connectivity index (χ2v) is 9.05. The van der Waals surface area contributed by atoms with Gasteiger partial charge in [-0.25, -0.2) is 17.6 Å². The molecule has 3 rings (SSSR count). The van der Waals surface area contributed by atoms with Gasteiger partial charge in [-0.1, -0.05) is 6.07 Å². The number of sulfone groups is 1. The molecule has 0 saturated carbocycles. The predicted octanol–water partition coefficient (Wildman–Crippen LogP) is 2.80. The number of H-pyrrole nitrogens is 1. The second kappa shape index (κ2) is 8.04. The minimum absolute atomic E-state index is 0.0384. The van der Waals surface area contributed by atoms with Gasteiger partial charge in [0.15, 0.2) is 9.84 Å². The fourth-order valence-electron chi connectivity index (χ4n) is 2.94. The molecule has 9 heteroatoms. The average molecular weight is 417 g/mol. The van der Waals surface area contributed by atoms with E-state index in [1.165, 1.54) is 23.6 Å². The molecule has 1 heterocycles. The number of hydrogen-bond acceptors (Lipinski definition) is 4. The van der Waals surface area contributed by atoms with Crippen molar-refractivity contribution in [1.29, 1.82) is 0 Å². The molecule has 0 fully saturated rings. The van der Waals surface area contributed by atoms with Crippen LogP contribution in [-0.4, -0.2) is 29.1 Å². The van der Waals surface area contributed by atoms with Gasteiger partial charge in [-0.2, -0.15) is 0 Å². The number of anilines is 1. The van der Waals surface area contributed by atoms with E-state index in [1.807, 2.05) is 0 Å². The Labute approximate surface area is 167 Å². The summed E-state index contributed by atoms with van der Waals surface area (Å²) >= 11 is 0. The minimum atomic E-state index is -3.78. The quantitative estimate of drug-likeness (QED) is 0.602. The summed E-state index contributed by atoms with van der Waals surface area (Å²) in [5.41, 5.74) is 1.41. The molecule has 0 saturated heterocycles. The van der Waals surface area contributed by atoms with Crippen LogP contribution in [0.1, 0.15) is 19.0 Å². The maximum absolute atomic E-state index is 13.0. The summed E-state index contributed by atoms with van der Waals surface area (Å²) in [7, 11) is -3.78. The summed E-state index contributed by atoms with van der Waals surface area (Å²) in [6.07, 6.45) is 1.31. The highest BCUT2D eigenvalue weighted by Gasteiger charge is 2.25. The molecular formula is C20H20FN3O4S. The van der Waals surface area contributed by atoms with Gasteiger partial charge in [0.2, 0.25) is 5.91 Å². The number of amides is 1. The van der Waals surface area contributed by atoms with Gasteiger partial charge >= 0.3 is 5.69 Å². The summed E-state index contributed by atoms with van der Waals surface area (Å²) in [4.78, 5) is 26.8. The standard InChI is InChI=1S/C20H20FN3O4S/c1-13-12-22-20(26)24(13)17-5-3-4-16(11-17)23-19(25)10-14(2)29(27,28)18-8-6-15(21)7-9-18/h3-9,11-12,14H,10H2,1-2H3,(H,22,26)(H,23,25). The Kier molecular flexibility index (Phi) is 5.69. The molecular weight excluding hydrogens is 397 g/mol. The van der Waals surface area contributed by atoms with Crippen LogP contribution in [0.2, 0.25) is 0 Å². The first-order valence-corrected chi connectivity index (χ1v) is 10.4. The predicted molar refractivity (Wildman–Crippen MR) is 107 cm³/mol. The molecule has 29 heavy (non-hydrogen) atoms. The van der Waals surface area contributed by atoms with Gasteiger partial charge in [0.05, 0.1) is 15.8 Å². The molecule has 1 atom stereocenters. The first-order valence-electron chi connectivity index (χ1n) is 8.85. The second-order valence-electron chi connectivity index (χ2n) is 6.68. The third-order valence-electron chi connectivity index (χ3n) is 4.49. The van der Waals surface area contributed by atoms with Crippen LogP contribution in [0.25, 0.3) is 5.69 Å². The lowest BCUT2D eigenvalue weighted by Crippen LogP contribution is -2.25. The Morgan fingerprint density at radius 1 is 1.21 bits per heavy atom. The number of benzene rings is 2. The molecule has 1 unspecified atom stereocenters. The summed E-state index contributed by atoms with van der Waals surface area (Å²) in [6.45, 7) is 3.20. The summed E-state index contributed by atoms with van der Waals surface area (Å²) < 4.78 is 39.6. The number of rotatable bonds is 6. The van der Waals surface area contributed by atoms with E-state index < -0.39 is 26.8 Å². The number of carbonyl (C=O) groups excluding carboxylic acids is 1. The van der Waals surface area contributed by atoms with E-state index in [0.29, 0.717) is 17.1 Å². The molecule has 152 valence electrons. The molecule has 2 aromatic carbocycles. The van der Waals surface area contributed by atoms with E-state index in [2.05, 4.69) is 10.3 Å². The van der Waals surface area contributed by atoms with Crippen LogP contribution in [0.15, 0.2) is 64.4 Å². The largest absolute Gasteiger partial charge is 0.330 e. The van der Waals surface area contributed by atoms with Crippen LogP contribution in [0, 0.1) is 12.7 Å². The molecule has 0 radical (unpaired) electrons. The topological polar surface area (TPSA) is 101 Å². The maximum atomic E-state index is 13.0. The number of nitrogens with one attached hydrogen (secondary N) is 2. The molecule has 1 amide bonds. The number of aromatic nitrogens is 2. The van der Waals surface area contributed by atoms with Gasteiger partial charge in [0.25, 0.3) is 0 Å². The number of hydrogen-bond donors (Lipinski definition) is 2. The van der Waals surface area contributed by atoms with Crippen molar-refractivity contribution in [2.24, 2.45) is 0 Å². The van der Waals surface area contributed by atoms with Crippen molar-refractivity contribution >= 4 is 21.4 Å². The summed E-state index contributed by atoms with van der Waals surface area (Å²) in [6, 6.07) is 11.2. The Bertz CT molecular complexity index is 1200. The maximum Gasteiger partial charge on any atom is 0.330 e. The number of carbonyl (C=O) groups is 1. The molecule has 0 spiro atoms. The van der Waals surface area contributed by atoms with Crippen LogP contribution in [0.3, 0.4) is 0 Å². The number of aryl methyl sites for hydroxylation is 1. The van der Waals surface area contributed by atoms with Gasteiger partial charge in [0, 0.05) is 24.0 Å². The molecule has 3 aromatic rings. The van der Waals surface area contributed by atoms with Gasteiger partial charge in [-0.15, -0.1) is 0 Å². The van der Waals surface area contributed by atoms with E-state index in [9.17, 15) is 22.4 Å². The SMILES string of the molecule is Cc1c[nH]c(=O)n1-c1cccc(NC(=O)CC(C)S(=O)(=O)c2ccc(F)cc2)c1. The zero-order valence-corrected chi connectivity index (χ0v) is 16.7. The van der Waals surface area contributed by atoms with Crippen LogP contribution < -0.4 is 11.0 Å². The third kappa shape index (κ3) is 4.45. The van der Waals surface area contributed by atoms with Crippen molar-refractivity contribution in [3.8, 4) is 5.69 Å². The van der Waals surface area contributed by atoms with E-state index in [-0.39, 0.29) is 17.0 Å². The smallest absolute Gasteiger partial charge is 0.326 e. The Morgan fingerprint density at radius 2 is 1.90 bits per heavy atom. The lowest BCUT2D eigenvalue weighted by Gasteiger charge is -2.14. The first kappa shape index (κ1) is 20.5. The molecule has 1 aromatic heterocycles. The van der Waals surface area contributed by atoms with Crippen molar-refractivity contribution in [2.45, 2.75) is 30.4 Å². The van der Waals surface area contributed by atoms with Crippen molar-refractivity contribution in [1.82, 2.24) is 9.55 Å². The van der Waals surface area contributed by atoms with Crippen LogP contribution in [-0.2, 0) is 14.6 Å². The van der Waals surface area contributed by atoms with E-state index in [4.69, 9.17) is 0 Å². The third-order valence-corrected chi connectivity index (χ3v) is 6.65. The van der Waals surface area contributed by atoms with Crippen LogP contribution >= 0.6 is 0 Å². The molecule has 0 aliphatic carbocycles. The normalized spacial score (nSPS) is 12.5. The Balaban J connectivity index is 1.73. The molecule has 2 N–H and O–H groups in total. The molecule has 0 aliphatic heterocycles. The molecule has 7 nitrogen and oxygen atoms in total. The number of imidazole rings is 1. The van der Waals surface area contributed by atoms with E-state index in [1.54, 1.807) is 37.4 Å². The lowest BCUT2D eigenvalue weighted by atomic mass is 10.2. The fraction of sp³-hybridized carbons (Fsp3) is 0.200. The highest BCUT2D eigenvalue weighted by molar-refractivity contribution is 7.92. The van der Waals surface area contributed by atoms with E-state index >= 15 is 0 Å². The van der Waals surface area contributed by atoms with E-state index in [0.717, 1.165) is 12.1 Å². The highest BCUT2D eigenvalue weighted by atomic mass is 32.2. The number of halogens is 1. The summed E-state index contributed by atoms with van der Waals surface area (Å²) in [5.74, 6) is -1.02. The van der Waals surface area contributed by atoms with Crippen molar-refractivity contribution in [3.63, 3.8) is 0 Å². The number of aromatic amines is 1. The lowest BCUT2D eigenvalue weighted by molar-refractivity contribution is -0.116. The molecule has 0 bridgehead atoms. The van der Waals surface area contributed by atoms with Gasteiger partial charge in [0.1, 0.15) is 5.82 Å². The average Bonchev–Trinajstić information content (AvgIpc) is 3.00. The van der Waals surface area contributed by atoms with Crippen molar-refractivity contribution < 1.29 is 17.6 Å². The van der Waals surface area contributed by atoms with Crippen LogP contribution in [0.4, 0.5) is 10.1 Å². The summed E-state index contributed by atoms with van der Waals surface area (Å²) in [5, 5.41) is 1.66. The van der Waals surface area contributed by atoms with Crippen LogP contribution in [0.5, 0.6) is 0 Å². The fourth-order valence-corrected chi connectivity index (χ4v) is 4.29. The first-order chi connectivity index (χ1) is 13.7.